The van der Waals surface area contributed by atoms with Crippen LogP contribution in [0.1, 0.15) is 74.8 Å². The number of benzene rings is 1. The Balaban J connectivity index is 1.96. The van der Waals surface area contributed by atoms with E-state index in [1.165, 1.54) is 0 Å². The van der Waals surface area contributed by atoms with E-state index in [0.717, 1.165) is 29.0 Å². The molecule has 180 valence electrons. The molecule has 1 amide bonds. The Hall–Kier alpha value is -2.35. The minimum absolute atomic E-state index is 0.00673. The Morgan fingerprint density at radius 3 is 2.45 bits per heavy atom. The fourth-order valence-electron chi connectivity index (χ4n) is 4.37. The minimum atomic E-state index is -3.63. The molecule has 1 aromatic heterocycles. The number of rotatable bonds is 6. The van der Waals surface area contributed by atoms with Crippen LogP contribution in [0.3, 0.4) is 0 Å². The van der Waals surface area contributed by atoms with Gasteiger partial charge in [0.25, 0.3) is 5.91 Å². The summed E-state index contributed by atoms with van der Waals surface area (Å²) >= 11 is 0. The first-order valence-electron chi connectivity index (χ1n) is 11.7. The summed E-state index contributed by atoms with van der Waals surface area (Å²) in [6, 6.07) is 4.05. The van der Waals surface area contributed by atoms with E-state index in [4.69, 9.17) is 4.74 Å². The molecular formula is C25H35N3O4S. The topological polar surface area (TPSA) is 81.5 Å². The predicted molar refractivity (Wildman–Crippen MR) is 128 cm³/mol. The van der Waals surface area contributed by atoms with E-state index >= 15 is 0 Å². The Bertz CT molecular complexity index is 1200. The molecule has 0 bridgehead atoms. The number of amides is 1. The van der Waals surface area contributed by atoms with E-state index in [1.807, 2.05) is 32.9 Å². The largest absolute Gasteiger partial charge is 0.496 e. The highest BCUT2D eigenvalue weighted by atomic mass is 32.2. The van der Waals surface area contributed by atoms with Crippen molar-refractivity contribution in [3.63, 3.8) is 0 Å². The molecule has 0 atom stereocenters. The van der Waals surface area contributed by atoms with Crippen molar-refractivity contribution in [1.82, 2.24) is 14.5 Å². The zero-order valence-corrected chi connectivity index (χ0v) is 21.5. The molecule has 1 aliphatic carbocycles. The van der Waals surface area contributed by atoms with Crippen LogP contribution in [0.15, 0.2) is 17.3 Å². The highest BCUT2D eigenvalue weighted by Crippen LogP contribution is 2.40. The van der Waals surface area contributed by atoms with Gasteiger partial charge in [0.2, 0.25) is 15.0 Å². The maximum atomic E-state index is 13.4. The summed E-state index contributed by atoms with van der Waals surface area (Å²) in [6.45, 7) is 10.1. The van der Waals surface area contributed by atoms with Gasteiger partial charge in [-0.05, 0) is 82.1 Å². The van der Waals surface area contributed by atoms with E-state index in [9.17, 15) is 13.2 Å². The fourth-order valence-corrected chi connectivity index (χ4v) is 6.10. The van der Waals surface area contributed by atoms with Gasteiger partial charge < -0.3 is 9.64 Å². The van der Waals surface area contributed by atoms with Crippen molar-refractivity contribution in [3.05, 3.63) is 34.6 Å². The molecule has 0 saturated heterocycles. The number of fused-ring (bicyclic) bond motifs is 3. The number of nitrogens with zero attached hydrogens (tertiary/aromatic N) is 3. The third-order valence-corrected chi connectivity index (χ3v) is 8.79. The number of aryl methyl sites for hydroxylation is 1. The molecule has 0 unspecified atom stereocenters. The van der Waals surface area contributed by atoms with Crippen molar-refractivity contribution in [2.24, 2.45) is 5.92 Å². The lowest BCUT2D eigenvalue weighted by molar-refractivity contribution is 0.0648. The van der Waals surface area contributed by atoms with Crippen LogP contribution < -0.4 is 4.74 Å². The molecule has 0 N–H and O–H groups in total. The first kappa shape index (κ1) is 23.8. The lowest BCUT2D eigenvalue weighted by Crippen LogP contribution is -2.43. The third kappa shape index (κ3) is 4.18. The zero-order chi connectivity index (χ0) is 24.3. The molecule has 2 heterocycles. The van der Waals surface area contributed by atoms with Gasteiger partial charge in [0.15, 0.2) is 5.69 Å². The number of ether oxygens (including phenoxy) is 1. The molecule has 1 fully saturated rings. The smallest absolute Gasteiger partial charge is 0.274 e. The van der Waals surface area contributed by atoms with E-state index in [2.05, 4.69) is 18.8 Å². The number of carbonyl (C=O) groups is 1. The molecule has 0 radical (unpaired) electrons. The van der Waals surface area contributed by atoms with Gasteiger partial charge in [-0.25, -0.2) is 13.4 Å². The normalized spacial score (nSPS) is 15.9. The summed E-state index contributed by atoms with van der Waals surface area (Å²) in [7, 11) is -0.218. The van der Waals surface area contributed by atoms with Gasteiger partial charge in [-0.15, -0.1) is 0 Å². The summed E-state index contributed by atoms with van der Waals surface area (Å²) in [5.41, 5.74) is 3.37. The molecular weight excluding hydrogens is 438 g/mol. The van der Waals surface area contributed by atoms with Crippen LogP contribution >= 0.6 is 0 Å². The number of imidazole rings is 1. The van der Waals surface area contributed by atoms with E-state index < -0.39 is 20.6 Å². The van der Waals surface area contributed by atoms with Crippen molar-refractivity contribution in [3.8, 4) is 11.4 Å². The first-order valence-corrected chi connectivity index (χ1v) is 13.2. The second-order valence-electron chi connectivity index (χ2n) is 10.7. The molecule has 1 saturated carbocycles. The Labute approximate surface area is 197 Å². The molecule has 1 aliphatic heterocycles. The maximum Gasteiger partial charge on any atom is 0.274 e. The van der Waals surface area contributed by atoms with Gasteiger partial charge >= 0.3 is 0 Å². The van der Waals surface area contributed by atoms with E-state index in [-0.39, 0.29) is 16.8 Å². The Kier molecular flexibility index (Phi) is 5.88. The van der Waals surface area contributed by atoms with Gasteiger partial charge in [-0.1, -0.05) is 13.8 Å². The number of sulfone groups is 1. The lowest BCUT2D eigenvalue weighted by Gasteiger charge is -2.32. The molecule has 7 nitrogen and oxygen atoms in total. The average molecular weight is 474 g/mol. The third-order valence-electron chi connectivity index (χ3n) is 6.66. The van der Waals surface area contributed by atoms with E-state index in [0.29, 0.717) is 37.3 Å². The Morgan fingerprint density at radius 2 is 1.91 bits per heavy atom. The molecule has 2 aliphatic rings. The summed E-state index contributed by atoms with van der Waals surface area (Å²) in [5.74, 6) is 0.985. The zero-order valence-electron chi connectivity index (χ0n) is 20.7. The quantitative estimate of drug-likeness (QED) is 0.634. The maximum absolute atomic E-state index is 13.4. The van der Waals surface area contributed by atoms with Gasteiger partial charge in [-0.3, -0.25) is 9.36 Å². The van der Waals surface area contributed by atoms with Crippen molar-refractivity contribution in [1.29, 1.82) is 0 Å². The second-order valence-corrected chi connectivity index (χ2v) is 12.8. The van der Waals surface area contributed by atoms with Crippen molar-refractivity contribution >= 4 is 15.7 Å². The number of methoxy groups -OCH3 is 1. The predicted octanol–water partition coefficient (Wildman–Crippen LogP) is 3.98. The molecule has 8 heteroatoms. The minimum Gasteiger partial charge on any atom is -0.496 e. The summed E-state index contributed by atoms with van der Waals surface area (Å²) in [5, 5.41) is -0.404. The summed E-state index contributed by atoms with van der Waals surface area (Å²) in [4.78, 5) is 19.6. The van der Waals surface area contributed by atoms with Gasteiger partial charge in [0, 0.05) is 12.6 Å². The van der Waals surface area contributed by atoms with Crippen LogP contribution in [0.5, 0.6) is 5.75 Å². The van der Waals surface area contributed by atoms with Crippen LogP contribution in [0.2, 0.25) is 0 Å². The molecule has 0 spiro atoms. The standard InChI is InChI=1S/C25H35N3O4S/c1-15(2)12-17-13-20-16(14-21(17)32-7)8-11-19-22(23(29)27(6)25(3,4)5)26-24(28(19)20)33(30,31)18-9-10-18/h13-15,18H,8-12H2,1-7H3. The average Bonchev–Trinajstić information content (AvgIpc) is 3.52. The van der Waals surface area contributed by atoms with Gasteiger partial charge in [0.05, 0.1) is 23.7 Å². The number of carbonyl (C=O) groups excluding carboxylic acids is 1. The van der Waals surface area contributed by atoms with E-state index in [1.54, 1.807) is 23.6 Å². The number of aromatic nitrogens is 2. The highest BCUT2D eigenvalue weighted by Gasteiger charge is 2.43. The first-order chi connectivity index (χ1) is 15.4. The van der Waals surface area contributed by atoms with Crippen LogP contribution in [0.4, 0.5) is 0 Å². The molecule has 4 rings (SSSR count). The summed E-state index contributed by atoms with van der Waals surface area (Å²) < 4.78 is 34.3. The molecule has 2 aromatic rings. The van der Waals surface area contributed by atoms with Crippen LogP contribution in [-0.2, 0) is 29.1 Å². The molecule has 33 heavy (non-hydrogen) atoms. The summed E-state index contributed by atoms with van der Waals surface area (Å²) in [6.07, 6.45) is 3.34. The monoisotopic (exact) mass is 473 g/mol. The fraction of sp³-hybridized carbons (Fsp3) is 0.600. The van der Waals surface area contributed by atoms with Gasteiger partial charge in [0.1, 0.15) is 5.75 Å². The Morgan fingerprint density at radius 1 is 1.24 bits per heavy atom. The van der Waals surface area contributed by atoms with Crippen molar-refractivity contribution in [2.45, 2.75) is 82.7 Å². The van der Waals surface area contributed by atoms with Crippen LogP contribution in [-0.4, -0.2) is 53.7 Å². The van der Waals surface area contributed by atoms with Crippen LogP contribution in [0.25, 0.3) is 5.69 Å². The SMILES string of the molecule is COc1cc2c(cc1CC(C)C)-n1c(S(=O)(=O)C3CC3)nc(C(=O)N(C)C(C)(C)C)c1CC2. The van der Waals surface area contributed by atoms with Crippen LogP contribution in [0, 0.1) is 5.92 Å². The second kappa shape index (κ2) is 8.15. The highest BCUT2D eigenvalue weighted by molar-refractivity contribution is 7.92. The number of hydrogen-bond acceptors (Lipinski definition) is 5. The lowest BCUT2D eigenvalue weighted by atomic mass is 9.94. The number of hydrogen-bond donors (Lipinski definition) is 0. The van der Waals surface area contributed by atoms with Gasteiger partial charge in [-0.2, -0.15) is 0 Å². The van der Waals surface area contributed by atoms with Crippen molar-refractivity contribution < 1.29 is 17.9 Å². The molecule has 1 aromatic carbocycles. The van der Waals surface area contributed by atoms with Crippen molar-refractivity contribution in [2.75, 3.05) is 14.2 Å².